The van der Waals surface area contributed by atoms with Gasteiger partial charge in [-0.2, -0.15) is 0 Å². The van der Waals surface area contributed by atoms with E-state index in [-0.39, 0.29) is 10.8 Å². The van der Waals surface area contributed by atoms with Gasteiger partial charge >= 0.3 is 0 Å². The van der Waals surface area contributed by atoms with Crippen LogP contribution in [-0.2, 0) is 9.05 Å². The summed E-state index contributed by atoms with van der Waals surface area (Å²) in [5.41, 5.74) is 1.04. The summed E-state index contributed by atoms with van der Waals surface area (Å²) in [6.45, 7) is 6.25. The van der Waals surface area contributed by atoms with Gasteiger partial charge in [0.15, 0.2) is 0 Å². The Bertz CT molecular complexity index is 552. The van der Waals surface area contributed by atoms with Crippen molar-refractivity contribution in [2.24, 2.45) is 5.92 Å². The maximum absolute atomic E-state index is 11.8. The molecule has 1 N–H and O–H groups in total. The van der Waals surface area contributed by atoms with Gasteiger partial charge in [0.1, 0.15) is 0 Å². The molecule has 0 aliphatic rings. The monoisotopic (exact) mass is 289 g/mol. The largest absolute Gasteiger partial charge is 0.352 e. The summed E-state index contributed by atoms with van der Waals surface area (Å²) < 4.78 is 22.3. The van der Waals surface area contributed by atoms with Crippen LogP contribution in [0.1, 0.15) is 29.8 Å². The molecule has 4 nitrogen and oxygen atoms in total. The normalized spacial score (nSPS) is 11.6. The van der Waals surface area contributed by atoms with Crippen molar-refractivity contribution >= 4 is 25.6 Å². The smallest absolute Gasteiger partial charge is 0.261 e. The molecule has 1 amide bonds. The number of hydrogen-bond acceptors (Lipinski definition) is 3. The number of aryl methyl sites for hydroxylation is 1. The van der Waals surface area contributed by atoms with Gasteiger partial charge in [0.2, 0.25) is 0 Å². The molecule has 1 aromatic carbocycles. The average Bonchev–Trinajstić information content (AvgIpc) is 2.24. The summed E-state index contributed by atoms with van der Waals surface area (Å²) in [6.07, 6.45) is 0. The van der Waals surface area contributed by atoms with Gasteiger partial charge in [0, 0.05) is 22.8 Å². The number of carbonyl (C=O) groups excluding carboxylic acids is 1. The van der Waals surface area contributed by atoms with E-state index in [2.05, 4.69) is 5.32 Å². The van der Waals surface area contributed by atoms with E-state index >= 15 is 0 Å². The van der Waals surface area contributed by atoms with E-state index < -0.39 is 9.05 Å². The number of rotatable bonds is 4. The maximum Gasteiger partial charge on any atom is 0.261 e. The lowest BCUT2D eigenvalue weighted by molar-refractivity contribution is 0.0948. The molecule has 0 radical (unpaired) electrons. The Hall–Kier alpha value is -1.07. The van der Waals surface area contributed by atoms with Crippen molar-refractivity contribution < 1.29 is 13.2 Å². The maximum atomic E-state index is 11.8. The van der Waals surface area contributed by atoms with E-state index in [1.54, 1.807) is 6.92 Å². The third-order valence-corrected chi connectivity index (χ3v) is 3.75. The quantitative estimate of drug-likeness (QED) is 0.865. The highest BCUT2D eigenvalue weighted by Gasteiger charge is 2.14. The molecule has 0 aromatic heterocycles. The Morgan fingerprint density at radius 1 is 1.39 bits per heavy atom. The molecule has 1 aromatic rings. The highest BCUT2D eigenvalue weighted by molar-refractivity contribution is 8.13. The predicted octanol–water partition coefficient (Wildman–Crippen LogP) is 2.31. The summed E-state index contributed by atoms with van der Waals surface area (Å²) in [6, 6.07) is 4.20. The molecule has 0 spiro atoms. The first-order chi connectivity index (χ1) is 8.21. The van der Waals surface area contributed by atoms with E-state index in [9.17, 15) is 13.2 Å². The third kappa shape index (κ3) is 3.99. The Labute approximate surface area is 112 Å². The summed E-state index contributed by atoms with van der Waals surface area (Å²) in [5.74, 6) is 0.150. The minimum Gasteiger partial charge on any atom is -0.352 e. The van der Waals surface area contributed by atoms with Crippen LogP contribution >= 0.6 is 10.7 Å². The zero-order valence-corrected chi connectivity index (χ0v) is 12.1. The summed E-state index contributed by atoms with van der Waals surface area (Å²) in [5, 5.41) is 2.78. The first-order valence-electron chi connectivity index (χ1n) is 5.55. The van der Waals surface area contributed by atoms with Crippen molar-refractivity contribution in [3.63, 3.8) is 0 Å². The van der Waals surface area contributed by atoms with Gasteiger partial charge in [-0.3, -0.25) is 4.79 Å². The van der Waals surface area contributed by atoms with Crippen LogP contribution in [0.3, 0.4) is 0 Å². The highest BCUT2D eigenvalue weighted by Crippen LogP contribution is 2.18. The number of carbonyl (C=O) groups is 1. The Morgan fingerprint density at radius 3 is 2.44 bits per heavy atom. The van der Waals surface area contributed by atoms with Crippen LogP contribution in [0.4, 0.5) is 0 Å². The average molecular weight is 290 g/mol. The second-order valence-corrected chi connectivity index (χ2v) is 7.08. The zero-order valence-electron chi connectivity index (χ0n) is 10.5. The number of amides is 1. The van der Waals surface area contributed by atoms with Gasteiger partial charge in [0.25, 0.3) is 15.0 Å². The lowest BCUT2D eigenvalue weighted by atomic mass is 10.1. The highest BCUT2D eigenvalue weighted by atomic mass is 35.7. The fraction of sp³-hybridized carbons (Fsp3) is 0.417. The van der Waals surface area contributed by atoms with Gasteiger partial charge in [-0.1, -0.05) is 13.8 Å². The van der Waals surface area contributed by atoms with E-state index in [0.717, 1.165) is 0 Å². The van der Waals surface area contributed by atoms with Gasteiger partial charge in [0.05, 0.1) is 4.90 Å². The van der Waals surface area contributed by atoms with Crippen molar-refractivity contribution in [3.8, 4) is 0 Å². The second-order valence-electron chi connectivity index (χ2n) is 4.52. The second kappa shape index (κ2) is 5.71. The summed E-state index contributed by atoms with van der Waals surface area (Å²) >= 11 is 0. The lowest BCUT2D eigenvalue weighted by Gasteiger charge is -2.10. The van der Waals surface area contributed by atoms with Crippen LogP contribution in [0.2, 0.25) is 0 Å². The number of nitrogens with one attached hydrogen (secondary N) is 1. The van der Waals surface area contributed by atoms with E-state index in [1.165, 1.54) is 18.2 Å². The molecule has 0 bridgehead atoms. The molecular formula is C12H16ClNO3S. The molecule has 0 aliphatic heterocycles. The van der Waals surface area contributed by atoms with Crippen molar-refractivity contribution in [1.82, 2.24) is 5.32 Å². The van der Waals surface area contributed by atoms with Crippen LogP contribution in [0.15, 0.2) is 23.1 Å². The minimum atomic E-state index is -3.75. The van der Waals surface area contributed by atoms with Crippen molar-refractivity contribution in [2.45, 2.75) is 25.7 Å². The third-order valence-electron chi connectivity index (χ3n) is 2.39. The van der Waals surface area contributed by atoms with Gasteiger partial charge in [-0.15, -0.1) is 0 Å². The molecule has 1 rings (SSSR count). The van der Waals surface area contributed by atoms with Gasteiger partial charge in [-0.25, -0.2) is 8.42 Å². The van der Waals surface area contributed by atoms with Crippen molar-refractivity contribution in [1.29, 1.82) is 0 Å². The summed E-state index contributed by atoms with van der Waals surface area (Å²) in [4.78, 5) is 11.8. The van der Waals surface area contributed by atoms with E-state index in [1.807, 2.05) is 13.8 Å². The lowest BCUT2D eigenvalue weighted by Crippen LogP contribution is -2.27. The minimum absolute atomic E-state index is 0.00192. The first-order valence-corrected chi connectivity index (χ1v) is 7.86. The van der Waals surface area contributed by atoms with Crippen LogP contribution in [0.25, 0.3) is 0 Å². The molecule has 0 fully saturated rings. The van der Waals surface area contributed by atoms with Gasteiger partial charge in [-0.05, 0) is 36.6 Å². The van der Waals surface area contributed by atoms with Crippen LogP contribution in [0, 0.1) is 12.8 Å². The van der Waals surface area contributed by atoms with Crippen LogP contribution in [0.5, 0.6) is 0 Å². The van der Waals surface area contributed by atoms with Crippen LogP contribution in [-0.4, -0.2) is 20.9 Å². The molecule has 0 heterocycles. The van der Waals surface area contributed by atoms with Crippen molar-refractivity contribution in [3.05, 3.63) is 29.3 Å². The van der Waals surface area contributed by atoms with Crippen LogP contribution < -0.4 is 5.32 Å². The molecule has 0 aliphatic carbocycles. The standard InChI is InChI=1S/C12H16ClNO3S/c1-8(2)7-14-12(15)11-5-4-10(6-9(11)3)18(13,16)17/h4-6,8H,7H2,1-3H3,(H,14,15). The molecule has 100 valence electrons. The fourth-order valence-corrected chi connectivity index (χ4v) is 2.27. The zero-order chi connectivity index (χ0) is 13.9. The Morgan fingerprint density at radius 2 is 2.00 bits per heavy atom. The SMILES string of the molecule is Cc1cc(S(=O)(=O)Cl)ccc1C(=O)NCC(C)C. The Kier molecular flexibility index (Phi) is 4.76. The number of halogens is 1. The number of hydrogen-bond donors (Lipinski definition) is 1. The first kappa shape index (κ1) is 15.0. The number of benzene rings is 1. The topological polar surface area (TPSA) is 63.2 Å². The van der Waals surface area contributed by atoms with E-state index in [0.29, 0.717) is 23.6 Å². The molecule has 6 heteroatoms. The molecule has 0 unspecified atom stereocenters. The predicted molar refractivity (Wildman–Crippen MR) is 71.4 cm³/mol. The molecule has 0 saturated heterocycles. The molecular weight excluding hydrogens is 274 g/mol. The fourth-order valence-electron chi connectivity index (χ4n) is 1.43. The summed E-state index contributed by atoms with van der Waals surface area (Å²) in [7, 11) is 1.48. The Balaban J connectivity index is 2.96. The van der Waals surface area contributed by atoms with E-state index in [4.69, 9.17) is 10.7 Å². The van der Waals surface area contributed by atoms with Crippen molar-refractivity contribution in [2.75, 3.05) is 6.54 Å². The van der Waals surface area contributed by atoms with Gasteiger partial charge < -0.3 is 5.32 Å². The molecule has 0 saturated carbocycles. The molecule has 18 heavy (non-hydrogen) atoms. The molecule has 0 atom stereocenters.